The van der Waals surface area contributed by atoms with E-state index < -0.39 is 5.60 Å². The van der Waals surface area contributed by atoms with Crippen molar-refractivity contribution in [2.75, 3.05) is 11.9 Å². The lowest BCUT2D eigenvalue weighted by Crippen LogP contribution is -2.54. The number of amides is 2. The number of epoxide rings is 1. The van der Waals surface area contributed by atoms with Crippen molar-refractivity contribution in [1.29, 1.82) is 0 Å². The van der Waals surface area contributed by atoms with Gasteiger partial charge in [0, 0.05) is 19.7 Å². The number of hydrogen-bond acceptors (Lipinski definition) is 4. The fraction of sp³-hybridized carbons (Fsp3) is 0.579. The van der Waals surface area contributed by atoms with Crippen molar-refractivity contribution in [3.8, 4) is 0 Å². The molecule has 4 fully saturated rings. The van der Waals surface area contributed by atoms with Gasteiger partial charge in [0.2, 0.25) is 11.8 Å². The molecule has 4 saturated heterocycles. The summed E-state index contributed by atoms with van der Waals surface area (Å²) in [6, 6.07) is 7.85. The first-order valence-corrected chi connectivity index (χ1v) is 9.02. The van der Waals surface area contributed by atoms with E-state index in [2.05, 4.69) is 0 Å². The average molecular weight is 340 g/mol. The largest absolute Gasteiger partial charge is 0.363 e. The van der Waals surface area contributed by atoms with Gasteiger partial charge >= 0.3 is 0 Å². The molecule has 0 saturated carbocycles. The number of nitrogens with zero attached hydrogens (tertiary/aromatic N) is 2. The molecule has 0 aromatic heterocycles. The van der Waals surface area contributed by atoms with Gasteiger partial charge in [-0.1, -0.05) is 18.2 Å². The third-order valence-corrected chi connectivity index (χ3v) is 7.04. The van der Waals surface area contributed by atoms with Crippen LogP contribution in [0.5, 0.6) is 0 Å². The highest BCUT2D eigenvalue weighted by atomic mass is 16.7. The van der Waals surface area contributed by atoms with Crippen LogP contribution in [0.25, 0.3) is 0 Å². The molecule has 6 heteroatoms. The molecule has 6 nitrogen and oxygen atoms in total. The predicted molar refractivity (Wildman–Crippen MR) is 87.9 cm³/mol. The zero-order chi connectivity index (χ0) is 17.1. The number of rotatable bonds is 1. The summed E-state index contributed by atoms with van der Waals surface area (Å²) in [6.07, 6.45) is 1.76. The molecular formula is C19H20N2O4. The molecule has 5 aliphatic rings. The molecule has 7 atom stereocenters. The van der Waals surface area contributed by atoms with E-state index in [1.54, 1.807) is 11.8 Å². The van der Waals surface area contributed by atoms with Crippen molar-refractivity contribution in [2.24, 2.45) is 5.92 Å². The number of anilines is 1. The number of carbonyl (C=O) groups excluding carboxylic acids is 2. The van der Waals surface area contributed by atoms with Gasteiger partial charge in [0.25, 0.3) is 0 Å². The van der Waals surface area contributed by atoms with Gasteiger partial charge in [0.05, 0.1) is 24.1 Å². The van der Waals surface area contributed by atoms with Crippen molar-refractivity contribution in [2.45, 2.75) is 55.8 Å². The molecule has 2 amide bonds. The Morgan fingerprint density at radius 3 is 2.88 bits per heavy atom. The monoisotopic (exact) mass is 340 g/mol. The molecule has 0 radical (unpaired) electrons. The van der Waals surface area contributed by atoms with Gasteiger partial charge in [-0.05, 0) is 24.5 Å². The maximum absolute atomic E-state index is 13.3. The fourth-order valence-corrected chi connectivity index (χ4v) is 5.85. The van der Waals surface area contributed by atoms with E-state index in [-0.39, 0.29) is 48.1 Å². The maximum Gasteiger partial charge on any atom is 0.233 e. The van der Waals surface area contributed by atoms with E-state index in [1.165, 1.54) is 0 Å². The summed E-state index contributed by atoms with van der Waals surface area (Å²) in [4.78, 5) is 29.0. The van der Waals surface area contributed by atoms with E-state index in [0.29, 0.717) is 6.42 Å². The minimum absolute atomic E-state index is 0.0313. The zero-order valence-electron chi connectivity index (χ0n) is 14.2. The highest BCUT2D eigenvalue weighted by Gasteiger charge is 2.82. The molecule has 25 heavy (non-hydrogen) atoms. The first-order valence-electron chi connectivity index (χ1n) is 9.02. The third kappa shape index (κ3) is 1.46. The lowest BCUT2D eigenvalue weighted by atomic mass is 9.74. The Bertz CT molecular complexity index is 825. The normalized spacial score (nSPS) is 44.9. The van der Waals surface area contributed by atoms with E-state index in [1.807, 2.05) is 36.2 Å². The van der Waals surface area contributed by atoms with Crippen LogP contribution in [0.4, 0.5) is 5.69 Å². The number of para-hydroxylation sites is 1. The summed E-state index contributed by atoms with van der Waals surface area (Å²) >= 11 is 0. The Hall–Kier alpha value is -1.92. The maximum atomic E-state index is 13.3. The molecule has 1 aromatic rings. The quantitative estimate of drug-likeness (QED) is 0.722. The van der Waals surface area contributed by atoms with Gasteiger partial charge in [-0.2, -0.15) is 0 Å². The van der Waals surface area contributed by atoms with Crippen LogP contribution in [0, 0.1) is 5.92 Å². The smallest absolute Gasteiger partial charge is 0.233 e. The molecule has 0 unspecified atom stereocenters. The van der Waals surface area contributed by atoms with E-state index >= 15 is 0 Å². The fourth-order valence-electron chi connectivity index (χ4n) is 5.85. The van der Waals surface area contributed by atoms with Gasteiger partial charge < -0.3 is 19.3 Å². The molecule has 5 heterocycles. The average Bonchev–Trinajstić information content (AvgIpc) is 3.19. The summed E-state index contributed by atoms with van der Waals surface area (Å²) in [5.74, 6) is 0.0855. The standard InChI is InChI=1S/C19H20N2O4/c1-9(22)20(2)13-8-15-19-11(7-14(25-19)16-17(19)24-16)18(23)21(15)12-6-4-3-5-10(12)13/h3-6,11,13-17H,7-8H2,1-2H3/t11-,13-,14-,15-,16-,17-,19-/m0/s1. The number of carbonyl (C=O) groups is 2. The molecular weight excluding hydrogens is 320 g/mol. The molecule has 5 aliphatic heterocycles. The van der Waals surface area contributed by atoms with Crippen LogP contribution < -0.4 is 4.90 Å². The van der Waals surface area contributed by atoms with Gasteiger partial charge in [-0.3, -0.25) is 9.59 Å². The SMILES string of the molecule is CC(=O)N(C)[C@H]1C[C@@H]2N(C(=O)[C@@H]3C[C@@H]4O[C@]23[C@H]2O[C@@H]42)c2ccccc21. The Kier molecular flexibility index (Phi) is 2.42. The minimum Gasteiger partial charge on any atom is -0.363 e. The molecule has 6 rings (SSSR count). The number of ether oxygens (including phenoxy) is 2. The van der Waals surface area contributed by atoms with Crippen molar-refractivity contribution >= 4 is 17.5 Å². The summed E-state index contributed by atoms with van der Waals surface area (Å²) in [5.41, 5.74) is 1.45. The Balaban J connectivity index is 1.52. The molecule has 1 aromatic carbocycles. The van der Waals surface area contributed by atoms with Crippen LogP contribution in [-0.4, -0.2) is 53.7 Å². The molecule has 0 aliphatic carbocycles. The number of benzene rings is 1. The van der Waals surface area contributed by atoms with Gasteiger partial charge in [0.1, 0.15) is 17.8 Å². The van der Waals surface area contributed by atoms with Crippen molar-refractivity contribution in [3.63, 3.8) is 0 Å². The van der Waals surface area contributed by atoms with Gasteiger partial charge in [-0.25, -0.2) is 0 Å². The minimum atomic E-state index is -0.518. The second-order valence-electron chi connectivity index (χ2n) is 7.98. The Morgan fingerprint density at radius 1 is 1.32 bits per heavy atom. The third-order valence-electron chi connectivity index (χ3n) is 7.04. The molecule has 2 bridgehead atoms. The Morgan fingerprint density at radius 2 is 2.12 bits per heavy atom. The highest BCUT2D eigenvalue weighted by Crippen LogP contribution is 2.66. The first kappa shape index (κ1) is 14.3. The Labute approximate surface area is 145 Å². The lowest BCUT2D eigenvalue weighted by Gasteiger charge is -2.44. The topological polar surface area (TPSA) is 62.4 Å². The first-order chi connectivity index (χ1) is 12.0. The van der Waals surface area contributed by atoms with Crippen LogP contribution in [0.15, 0.2) is 24.3 Å². The van der Waals surface area contributed by atoms with Crippen LogP contribution in [0.2, 0.25) is 0 Å². The summed E-state index contributed by atoms with van der Waals surface area (Å²) < 4.78 is 12.3. The number of hydrogen-bond donors (Lipinski definition) is 0. The summed E-state index contributed by atoms with van der Waals surface area (Å²) in [7, 11) is 1.84. The summed E-state index contributed by atoms with van der Waals surface area (Å²) in [6.45, 7) is 1.59. The van der Waals surface area contributed by atoms with Gasteiger partial charge in [-0.15, -0.1) is 0 Å². The second-order valence-corrected chi connectivity index (χ2v) is 7.98. The van der Waals surface area contributed by atoms with Gasteiger partial charge in [0.15, 0.2) is 0 Å². The highest BCUT2D eigenvalue weighted by molar-refractivity contribution is 6.02. The van der Waals surface area contributed by atoms with Crippen molar-refractivity contribution < 1.29 is 19.1 Å². The zero-order valence-corrected chi connectivity index (χ0v) is 14.2. The summed E-state index contributed by atoms with van der Waals surface area (Å²) in [5, 5.41) is 0. The number of fused-ring (bicyclic) bond motifs is 6. The van der Waals surface area contributed by atoms with Crippen LogP contribution in [0.3, 0.4) is 0 Å². The molecule has 1 spiro atoms. The van der Waals surface area contributed by atoms with Crippen LogP contribution in [-0.2, 0) is 19.1 Å². The van der Waals surface area contributed by atoms with Crippen LogP contribution in [0.1, 0.15) is 31.4 Å². The van der Waals surface area contributed by atoms with E-state index in [4.69, 9.17) is 9.47 Å². The lowest BCUT2D eigenvalue weighted by molar-refractivity contribution is -0.131. The predicted octanol–water partition coefficient (Wildman–Crippen LogP) is 1.25. The van der Waals surface area contributed by atoms with E-state index in [0.717, 1.165) is 17.7 Å². The molecule has 130 valence electrons. The van der Waals surface area contributed by atoms with E-state index in [9.17, 15) is 9.59 Å². The molecule has 0 N–H and O–H groups in total. The van der Waals surface area contributed by atoms with Crippen molar-refractivity contribution in [3.05, 3.63) is 29.8 Å². The van der Waals surface area contributed by atoms with Crippen LogP contribution >= 0.6 is 0 Å². The second kappa shape index (κ2) is 4.24. The van der Waals surface area contributed by atoms with Crippen molar-refractivity contribution in [1.82, 2.24) is 4.90 Å².